The lowest BCUT2D eigenvalue weighted by molar-refractivity contribution is -0.138. The predicted octanol–water partition coefficient (Wildman–Crippen LogP) is 3.86. The van der Waals surface area contributed by atoms with Crippen LogP contribution in [0.4, 0.5) is 13.2 Å². The summed E-state index contributed by atoms with van der Waals surface area (Å²) < 4.78 is 39.5. The van der Waals surface area contributed by atoms with E-state index >= 15 is 0 Å². The lowest BCUT2D eigenvalue weighted by atomic mass is 10.1. The zero-order chi connectivity index (χ0) is 19.9. The van der Waals surface area contributed by atoms with Gasteiger partial charge in [0, 0.05) is 42.9 Å². The second-order valence-electron chi connectivity index (χ2n) is 7.12. The topological polar surface area (TPSA) is 40.6 Å². The van der Waals surface area contributed by atoms with Crippen LogP contribution < -0.4 is 0 Å². The Morgan fingerprint density at radius 1 is 0.964 bits per heavy atom. The minimum atomic E-state index is -4.58. The number of hydrogen-bond donors (Lipinski definition) is 0. The van der Waals surface area contributed by atoms with E-state index in [0.29, 0.717) is 13.1 Å². The Kier molecular flexibility index (Phi) is 4.91. The summed E-state index contributed by atoms with van der Waals surface area (Å²) in [6.07, 6.45) is -3.73. The van der Waals surface area contributed by atoms with Crippen LogP contribution in [0.15, 0.2) is 41.8 Å². The first-order valence-electron chi connectivity index (χ1n) is 9.14. The molecule has 2 fully saturated rings. The summed E-state index contributed by atoms with van der Waals surface area (Å²) in [5, 5.41) is 2.00. The van der Waals surface area contributed by atoms with Gasteiger partial charge in [0.25, 0.3) is 5.91 Å². The lowest BCUT2D eigenvalue weighted by Gasteiger charge is -2.35. The zero-order valence-corrected chi connectivity index (χ0v) is 15.8. The molecular formula is C20H19F3N2O2S. The van der Waals surface area contributed by atoms with Crippen molar-refractivity contribution >= 4 is 23.2 Å². The zero-order valence-electron chi connectivity index (χ0n) is 15.0. The Morgan fingerprint density at radius 2 is 1.64 bits per heavy atom. The molecule has 4 nitrogen and oxygen atoms in total. The molecule has 1 aromatic heterocycles. The van der Waals surface area contributed by atoms with Gasteiger partial charge in [0.05, 0.1) is 11.1 Å². The molecule has 28 heavy (non-hydrogen) atoms. The van der Waals surface area contributed by atoms with Crippen molar-refractivity contribution in [3.63, 3.8) is 0 Å². The maximum atomic E-state index is 13.2. The highest BCUT2D eigenvalue weighted by Gasteiger charge is 2.47. The van der Waals surface area contributed by atoms with Crippen molar-refractivity contribution in [3.05, 3.63) is 57.8 Å². The fourth-order valence-electron chi connectivity index (χ4n) is 3.74. The van der Waals surface area contributed by atoms with Crippen LogP contribution in [0.25, 0.3) is 0 Å². The van der Waals surface area contributed by atoms with Gasteiger partial charge in [-0.2, -0.15) is 13.2 Å². The molecular weight excluding hydrogens is 389 g/mol. The molecule has 0 bridgehead atoms. The van der Waals surface area contributed by atoms with Gasteiger partial charge in [-0.05, 0) is 30.0 Å². The first kappa shape index (κ1) is 19.0. The average molecular weight is 408 g/mol. The van der Waals surface area contributed by atoms with Crippen molar-refractivity contribution in [3.8, 4) is 0 Å². The summed E-state index contributed by atoms with van der Waals surface area (Å²) in [4.78, 5) is 29.7. The van der Waals surface area contributed by atoms with Gasteiger partial charge in [-0.1, -0.05) is 18.2 Å². The van der Waals surface area contributed by atoms with Gasteiger partial charge in [0.2, 0.25) is 5.91 Å². The van der Waals surface area contributed by atoms with Crippen LogP contribution in [0.5, 0.6) is 0 Å². The maximum Gasteiger partial charge on any atom is 0.417 e. The summed E-state index contributed by atoms with van der Waals surface area (Å²) in [5.74, 6) is -0.276. The largest absolute Gasteiger partial charge is 0.417 e. The fourth-order valence-corrected chi connectivity index (χ4v) is 4.64. The molecule has 2 atom stereocenters. The number of carbonyl (C=O) groups is 2. The molecule has 0 N–H and O–H groups in total. The minimum absolute atomic E-state index is 0.00754. The molecule has 1 aromatic carbocycles. The monoisotopic (exact) mass is 408 g/mol. The number of alkyl halides is 3. The number of carbonyl (C=O) groups excluding carboxylic acids is 2. The molecule has 1 saturated heterocycles. The molecule has 2 aromatic rings. The van der Waals surface area contributed by atoms with E-state index in [-0.39, 0.29) is 36.4 Å². The Bertz CT molecular complexity index is 874. The summed E-state index contributed by atoms with van der Waals surface area (Å²) in [7, 11) is 0. The molecule has 0 radical (unpaired) electrons. The quantitative estimate of drug-likeness (QED) is 0.774. The molecule has 4 rings (SSSR count). The number of amides is 2. The van der Waals surface area contributed by atoms with Gasteiger partial charge in [-0.15, -0.1) is 11.3 Å². The van der Waals surface area contributed by atoms with Crippen LogP contribution >= 0.6 is 11.3 Å². The molecule has 0 spiro atoms. The number of rotatable bonds is 3. The highest BCUT2D eigenvalue weighted by molar-refractivity contribution is 7.10. The van der Waals surface area contributed by atoms with Crippen molar-refractivity contribution in [1.82, 2.24) is 9.80 Å². The van der Waals surface area contributed by atoms with Crippen molar-refractivity contribution in [2.45, 2.75) is 18.5 Å². The van der Waals surface area contributed by atoms with Gasteiger partial charge in [-0.3, -0.25) is 9.59 Å². The normalized spacial score (nSPS) is 22.2. The van der Waals surface area contributed by atoms with Gasteiger partial charge < -0.3 is 9.80 Å². The smallest absolute Gasteiger partial charge is 0.339 e. The van der Waals surface area contributed by atoms with Crippen LogP contribution in [-0.2, 0) is 11.0 Å². The fraction of sp³-hybridized carbons (Fsp3) is 0.400. The number of piperazine rings is 1. The Labute approximate surface area is 164 Å². The summed E-state index contributed by atoms with van der Waals surface area (Å²) in [6.45, 7) is 1.19. The van der Waals surface area contributed by atoms with Gasteiger partial charge >= 0.3 is 6.18 Å². The van der Waals surface area contributed by atoms with Gasteiger partial charge in [0.1, 0.15) is 0 Å². The molecule has 2 amide bonds. The third kappa shape index (κ3) is 3.65. The van der Waals surface area contributed by atoms with Gasteiger partial charge in [-0.25, -0.2) is 0 Å². The van der Waals surface area contributed by atoms with E-state index in [1.807, 2.05) is 17.5 Å². The van der Waals surface area contributed by atoms with E-state index in [1.165, 1.54) is 28.0 Å². The standard InChI is InChI=1S/C20H19F3N2O2S/c21-20(22,23)16-5-2-1-4-13(16)18(26)24-7-9-25(10-8-24)19(27)15-12-14(15)17-6-3-11-28-17/h1-6,11,14-15H,7-10,12H2/t14-,15-/m1/s1. The van der Waals surface area contributed by atoms with E-state index in [0.717, 1.165) is 12.5 Å². The van der Waals surface area contributed by atoms with Crippen molar-refractivity contribution in [2.24, 2.45) is 5.92 Å². The molecule has 2 aliphatic rings. The molecule has 1 saturated carbocycles. The van der Waals surface area contributed by atoms with Crippen LogP contribution in [0.1, 0.15) is 33.1 Å². The average Bonchev–Trinajstić information content (AvgIpc) is 3.30. The summed E-state index contributed by atoms with van der Waals surface area (Å²) in [6, 6.07) is 8.85. The third-order valence-electron chi connectivity index (χ3n) is 5.36. The van der Waals surface area contributed by atoms with E-state index in [1.54, 1.807) is 16.2 Å². The van der Waals surface area contributed by atoms with Crippen LogP contribution in [0.2, 0.25) is 0 Å². The van der Waals surface area contributed by atoms with E-state index in [4.69, 9.17) is 0 Å². The highest BCUT2D eigenvalue weighted by atomic mass is 32.1. The number of hydrogen-bond acceptors (Lipinski definition) is 3. The highest BCUT2D eigenvalue weighted by Crippen LogP contribution is 2.50. The summed E-state index contributed by atoms with van der Waals surface area (Å²) >= 11 is 1.65. The Balaban J connectivity index is 1.37. The molecule has 1 aliphatic heterocycles. The second-order valence-corrected chi connectivity index (χ2v) is 8.10. The van der Waals surface area contributed by atoms with E-state index in [9.17, 15) is 22.8 Å². The van der Waals surface area contributed by atoms with Crippen LogP contribution in [-0.4, -0.2) is 47.8 Å². The second kappa shape index (κ2) is 7.24. The molecule has 2 heterocycles. The van der Waals surface area contributed by atoms with E-state index < -0.39 is 17.6 Å². The number of halogens is 3. The predicted molar refractivity (Wildman–Crippen MR) is 99.1 cm³/mol. The lowest BCUT2D eigenvalue weighted by Crippen LogP contribution is -2.51. The molecule has 1 aliphatic carbocycles. The minimum Gasteiger partial charge on any atom is -0.339 e. The van der Waals surface area contributed by atoms with Gasteiger partial charge in [0.15, 0.2) is 0 Å². The van der Waals surface area contributed by atoms with Crippen molar-refractivity contribution in [1.29, 1.82) is 0 Å². The first-order valence-corrected chi connectivity index (χ1v) is 10.0. The maximum absolute atomic E-state index is 13.2. The molecule has 8 heteroatoms. The van der Waals surface area contributed by atoms with Crippen molar-refractivity contribution in [2.75, 3.05) is 26.2 Å². The Hall–Kier alpha value is -2.35. The third-order valence-corrected chi connectivity index (χ3v) is 6.36. The number of benzene rings is 1. The molecule has 0 unspecified atom stereocenters. The Morgan fingerprint density at radius 3 is 2.29 bits per heavy atom. The van der Waals surface area contributed by atoms with Crippen LogP contribution in [0.3, 0.4) is 0 Å². The van der Waals surface area contributed by atoms with Crippen molar-refractivity contribution < 1.29 is 22.8 Å². The number of nitrogens with zero attached hydrogens (tertiary/aromatic N) is 2. The van der Waals surface area contributed by atoms with E-state index in [2.05, 4.69) is 0 Å². The first-order chi connectivity index (χ1) is 13.4. The van der Waals surface area contributed by atoms with Crippen LogP contribution in [0, 0.1) is 5.92 Å². The number of thiophene rings is 1. The molecule has 148 valence electrons. The summed E-state index contributed by atoms with van der Waals surface area (Å²) in [5.41, 5.74) is -1.26. The SMILES string of the molecule is O=C(c1ccccc1C(F)(F)F)N1CCN(C(=O)[C@@H]2C[C@H]2c2cccs2)CC1.